The number of nitrogens with zero attached hydrogens (tertiary/aromatic N) is 1. The van der Waals surface area contributed by atoms with E-state index in [9.17, 15) is 0 Å². The summed E-state index contributed by atoms with van der Waals surface area (Å²) in [5.41, 5.74) is 0. The first-order valence-electron chi connectivity index (χ1n) is 4.84. The van der Waals surface area contributed by atoms with E-state index in [2.05, 4.69) is 4.90 Å². The van der Waals surface area contributed by atoms with Crippen LogP contribution >= 0.6 is 0 Å². The maximum atomic E-state index is 8.78. The monoisotopic (exact) mass is 173 g/mol. The number of rotatable bonds is 7. The summed E-state index contributed by atoms with van der Waals surface area (Å²) in [5, 5.41) is 17.4. The van der Waals surface area contributed by atoms with Gasteiger partial charge in [-0.05, 0) is 32.2 Å². The third-order valence-corrected chi connectivity index (χ3v) is 2.30. The minimum atomic E-state index is 0.260. The van der Waals surface area contributed by atoms with Crippen molar-refractivity contribution in [2.45, 2.75) is 31.7 Å². The van der Waals surface area contributed by atoms with Crippen LogP contribution in [-0.4, -0.2) is 47.5 Å². The number of aliphatic hydroxyl groups excluding tert-OH is 2. The van der Waals surface area contributed by atoms with Gasteiger partial charge >= 0.3 is 0 Å². The molecular formula is C9H19NO2. The molecule has 72 valence electrons. The largest absolute Gasteiger partial charge is 0.396 e. The molecule has 3 nitrogen and oxygen atoms in total. The second-order valence-electron chi connectivity index (χ2n) is 3.42. The lowest BCUT2D eigenvalue weighted by molar-refractivity contribution is 0.182. The van der Waals surface area contributed by atoms with Gasteiger partial charge in [0.25, 0.3) is 0 Å². The summed E-state index contributed by atoms with van der Waals surface area (Å²) in [6.45, 7) is 2.38. The Bertz CT molecular complexity index is 115. The van der Waals surface area contributed by atoms with E-state index in [-0.39, 0.29) is 13.2 Å². The number of hydrogen-bond donors (Lipinski definition) is 2. The van der Waals surface area contributed by atoms with Gasteiger partial charge in [-0.15, -0.1) is 0 Å². The molecule has 0 heterocycles. The van der Waals surface area contributed by atoms with Crippen molar-refractivity contribution in [1.29, 1.82) is 0 Å². The van der Waals surface area contributed by atoms with Gasteiger partial charge in [-0.3, -0.25) is 4.90 Å². The Morgan fingerprint density at radius 2 is 1.75 bits per heavy atom. The smallest absolute Gasteiger partial charge is 0.0558 e. The van der Waals surface area contributed by atoms with Crippen molar-refractivity contribution in [3.05, 3.63) is 0 Å². The fraction of sp³-hybridized carbons (Fsp3) is 1.00. The molecular weight excluding hydrogens is 154 g/mol. The molecule has 12 heavy (non-hydrogen) atoms. The van der Waals surface area contributed by atoms with Crippen LogP contribution < -0.4 is 0 Å². The van der Waals surface area contributed by atoms with Gasteiger partial charge in [-0.1, -0.05) is 0 Å². The SMILES string of the molecule is OCCCCN(CCO)C1CC1. The first kappa shape index (κ1) is 9.96. The average molecular weight is 173 g/mol. The van der Waals surface area contributed by atoms with E-state index in [0.29, 0.717) is 0 Å². The minimum absolute atomic E-state index is 0.260. The molecule has 1 saturated carbocycles. The number of hydrogen-bond acceptors (Lipinski definition) is 3. The summed E-state index contributed by atoms with van der Waals surface area (Å²) in [7, 11) is 0. The van der Waals surface area contributed by atoms with Crippen LogP contribution in [0, 0.1) is 0 Å². The van der Waals surface area contributed by atoms with Crippen LogP contribution in [0.1, 0.15) is 25.7 Å². The maximum Gasteiger partial charge on any atom is 0.0558 e. The van der Waals surface area contributed by atoms with Gasteiger partial charge in [0.2, 0.25) is 0 Å². The molecule has 0 aliphatic heterocycles. The van der Waals surface area contributed by atoms with E-state index in [1.807, 2.05) is 0 Å². The summed E-state index contributed by atoms with van der Waals surface area (Å²) in [6.07, 6.45) is 4.51. The molecule has 2 N–H and O–H groups in total. The third kappa shape index (κ3) is 3.52. The highest BCUT2D eigenvalue weighted by Gasteiger charge is 2.27. The van der Waals surface area contributed by atoms with Crippen molar-refractivity contribution in [3.8, 4) is 0 Å². The number of aliphatic hydroxyl groups is 2. The van der Waals surface area contributed by atoms with Crippen molar-refractivity contribution < 1.29 is 10.2 Å². The van der Waals surface area contributed by atoms with Gasteiger partial charge in [-0.2, -0.15) is 0 Å². The summed E-state index contributed by atoms with van der Waals surface area (Å²) >= 11 is 0. The van der Waals surface area contributed by atoms with Crippen LogP contribution in [0.3, 0.4) is 0 Å². The molecule has 0 aromatic heterocycles. The zero-order valence-electron chi connectivity index (χ0n) is 7.58. The molecule has 0 amide bonds. The lowest BCUT2D eigenvalue weighted by atomic mass is 10.3. The third-order valence-electron chi connectivity index (χ3n) is 2.30. The lowest BCUT2D eigenvalue weighted by Gasteiger charge is -2.20. The Kier molecular flexibility index (Phi) is 4.58. The summed E-state index contributed by atoms with van der Waals surface area (Å²) < 4.78 is 0. The topological polar surface area (TPSA) is 43.7 Å². The molecule has 1 rings (SSSR count). The quantitative estimate of drug-likeness (QED) is 0.541. The molecule has 1 aliphatic rings. The predicted molar refractivity (Wildman–Crippen MR) is 48.0 cm³/mol. The second kappa shape index (κ2) is 5.51. The number of unbranched alkanes of at least 4 members (excludes halogenated alkanes) is 1. The Balaban J connectivity index is 2.05. The first-order valence-corrected chi connectivity index (χ1v) is 4.84. The molecule has 0 bridgehead atoms. The highest BCUT2D eigenvalue weighted by molar-refractivity contribution is 4.84. The molecule has 3 heteroatoms. The highest BCUT2D eigenvalue weighted by Crippen LogP contribution is 2.26. The van der Waals surface area contributed by atoms with Crippen LogP contribution in [-0.2, 0) is 0 Å². The van der Waals surface area contributed by atoms with Crippen molar-refractivity contribution in [3.63, 3.8) is 0 Å². The standard InChI is InChI=1S/C9H19NO2/c11-7-2-1-5-10(6-8-12)9-3-4-9/h9,11-12H,1-8H2. The summed E-state index contributed by atoms with van der Waals surface area (Å²) in [5.74, 6) is 0. The average Bonchev–Trinajstić information content (AvgIpc) is 2.86. The first-order chi connectivity index (χ1) is 5.88. The van der Waals surface area contributed by atoms with E-state index < -0.39 is 0 Å². The van der Waals surface area contributed by atoms with Crippen molar-refractivity contribution in [2.75, 3.05) is 26.3 Å². The molecule has 0 aromatic rings. The van der Waals surface area contributed by atoms with Gasteiger partial charge in [0.05, 0.1) is 6.61 Å². The molecule has 0 spiro atoms. The Hall–Kier alpha value is -0.120. The van der Waals surface area contributed by atoms with Crippen LogP contribution in [0.2, 0.25) is 0 Å². The van der Waals surface area contributed by atoms with Crippen LogP contribution in [0.25, 0.3) is 0 Å². The predicted octanol–water partition coefficient (Wildman–Crippen LogP) is 0.216. The van der Waals surface area contributed by atoms with Gasteiger partial charge in [0, 0.05) is 19.2 Å². The molecule has 1 fully saturated rings. The van der Waals surface area contributed by atoms with E-state index in [4.69, 9.17) is 10.2 Å². The van der Waals surface area contributed by atoms with E-state index >= 15 is 0 Å². The Morgan fingerprint density at radius 1 is 1.00 bits per heavy atom. The molecule has 1 aliphatic carbocycles. The zero-order valence-corrected chi connectivity index (χ0v) is 7.58. The normalized spacial score (nSPS) is 17.2. The Morgan fingerprint density at radius 3 is 2.25 bits per heavy atom. The zero-order chi connectivity index (χ0) is 8.81. The molecule has 0 saturated heterocycles. The highest BCUT2D eigenvalue weighted by atomic mass is 16.3. The van der Waals surface area contributed by atoms with Gasteiger partial charge in [-0.25, -0.2) is 0 Å². The Labute approximate surface area is 74.0 Å². The van der Waals surface area contributed by atoms with E-state index in [0.717, 1.165) is 32.0 Å². The van der Waals surface area contributed by atoms with Crippen LogP contribution in [0.5, 0.6) is 0 Å². The summed E-state index contributed by atoms with van der Waals surface area (Å²) in [4.78, 5) is 2.33. The summed E-state index contributed by atoms with van der Waals surface area (Å²) in [6, 6.07) is 0.732. The van der Waals surface area contributed by atoms with Crippen molar-refractivity contribution in [1.82, 2.24) is 4.90 Å². The van der Waals surface area contributed by atoms with Crippen LogP contribution in [0.4, 0.5) is 0 Å². The van der Waals surface area contributed by atoms with Gasteiger partial charge < -0.3 is 10.2 Å². The molecule has 0 aromatic carbocycles. The molecule has 0 unspecified atom stereocenters. The fourth-order valence-corrected chi connectivity index (χ4v) is 1.47. The van der Waals surface area contributed by atoms with E-state index in [1.165, 1.54) is 12.8 Å². The van der Waals surface area contributed by atoms with Crippen molar-refractivity contribution >= 4 is 0 Å². The van der Waals surface area contributed by atoms with Crippen molar-refractivity contribution in [2.24, 2.45) is 0 Å². The molecule has 0 atom stereocenters. The maximum absolute atomic E-state index is 8.78. The molecule has 0 radical (unpaired) electrons. The van der Waals surface area contributed by atoms with Gasteiger partial charge in [0.15, 0.2) is 0 Å². The lowest BCUT2D eigenvalue weighted by Crippen LogP contribution is -2.30. The fourth-order valence-electron chi connectivity index (χ4n) is 1.47. The minimum Gasteiger partial charge on any atom is -0.396 e. The van der Waals surface area contributed by atoms with Gasteiger partial charge in [0.1, 0.15) is 0 Å². The van der Waals surface area contributed by atoms with E-state index in [1.54, 1.807) is 0 Å². The second-order valence-corrected chi connectivity index (χ2v) is 3.42. The van der Waals surface area contributed by atoms with Crippen LogP contribution in [0.15, 0.2) is 0 Å².